The zero-order valence-electron chi connectivity index (χ0n) is 11.2. The fourth-order valence-corrected chi connectivity index (χ4v) is 4.64. The van der Waals surface area contributed by atoms with Crippen molar-refractivity contribution in [2.75, 3.05) is 25.4 Å². The van der Waals surface area contributed by atoms with Crippen LogP contribution in [0.4, 0.5) is 0 Å². The van der Waals surface area contributed by atoms with E-state index in [2.05, 4.69) is 10.0 Å². The summed E-state index contributed by atoms with van der Waals surface area (Å²) in [4.78, 5) is 0. The third-order valence-electron chi connectivity index (χ3n) is 4.20. The second-order valence-electron chi connectivity index (χ2n) is 5.83. The first-order valence-electron chi connectivity index (χ1n) is 7.34. The molecule has 2 rings (SSSR count). The highest BCUT2D eigenvalue weighted by Gasteiger charge is 2.22. The van der Waals surface area contributed by atoms with Crippen LogP contribution in [0.15, 0.2) is 0 Å². The van der Waals surface area contributed by atoms with Gasteiger partial charge in [0.2, 0.25) is 10.0 Å². The monoisotopic (exact) mass is 274 g/mol. The highest BCUT2D eigenvalue weighted by Crippen LogP contribution is 2.25. The van der Waals surface area contributed by atoms with E-state index in [0.717, 1.165) is 32.4 Å². The maximum absolute atomic E-state index is 11.9. The van der Waals surface area contributed by atoms with Crippen molar-refractivity contribution in [1.82, 2.24) is 10.0 Å². The topological polar surface area (TPSA) is 58.2 Å². The lowest BCUT2D eigenvalue weighted by Gasteiger charge is -2.22. The molecule has 1 aliphatic carbocycles. The van der Waals surface area contributed by atoms with Crippen molar-refractivity contribution >= 4 is 10.0 Å². The minimum Gasteiger partial charge on any atom is -0.316 e. The molecule has 5 heteroatoms. The van der Waals surface area contributed by atoms with Gasteiger partial charge in [-0.3, -0.25) is 0 Å². The van der Waals surface area contributed by atoms with Gasteiger partial charge in [0.25, 0.3) is 0 Å². The van der Waals surface area contributed by atoms with Gasteiger partial charge in [-0.2, -0.15) is 0 Å². The molecule has 1 saturated heterocycles. The van der Waals surface area contributed by atoms with Gasteiger partial charge in [-0.1, -0.05) is 12.8 Å². The molecular weight excluding hydrogens is 248 g/mol. The van der Waals surface area contributed by atoms with E-state index in [1.54, 1.807) is 0 Å². The molecule has 18 heavy (non-hydrogen) atoms. The summed E-state index contributed by atoms with van der Waals surface area (Å²) >= 11 is 0. The lowest BCUT2D eigenvalue weighted by Crippen LogP contribution is -2.34. The van der Waals surface area contributed by atoms with E-state index < -0.39 is 10.0 Å². The molecule has 2 N–H and O–H groups in total. The van der Waals surface area contributed by atoms with E-state index in [-0.39, 0.29) is 0 Å². The molecule has 1 saturated carbocycles. The van der Waals surface area contributed by atoms with Crippen LogP contribution in [0.2, 0.25) is 0 Å². The Hall–Kier alpha value is -0.130. The summed E-state index contributed by atoms with van der Waals surface area (Å²) in [5, 5.41) is 3.36. The predicted molar refractivity (Wildman–Crippen MR) is 74.0 cm³/mol. The van der Waals surface area contributed by atoms with Crippen LogP contribution in [0.25, 0.3) is 0 Å². The highest BCUT2D eigenvalue weighted by molar-refractivity contribution is 7.89. The highest BCUT2D eigenvalue weighted by atomic mass is 32.2. The Kier molecular flexibility index (Phi) is 5.45. The zero-order chi connectivity index (χ0) is 12.8. The van der Waals surface area contributed by atoms with E-state index in [4.69, 9.17) is 0 Å². The molecule has 1 aliphatic heterocycles. The summed E-state index contributed by atoms with van der Waals surface area (Å²) in [5.74, 6) is 1.39. The van der Waals surface area contributed by atoms with E-state index in [9.17, 15) is 8.42 Å². The van der Waals surface area contributed by atoms with Crippen molar-refractivity contribution in [3.05, 3.63) is 0 Å². The van der Waals surface area contributed by atoms with Crippen molar-refractivity contribution in [3.8, 4) is 0 Å². The summed E-state index contributed by atoms with van der Waals surface area (Å²) in [6.07, 6.45) is 8.01. The van der Waals surface area contributed by atoms with Crippen molar-refractivity contribution in [2.45, 2.75) is 44.9 Å². The fourth-order valence-electron chi connectivity index (χ4n) is 3.14. The molecule has 0 aromatic heterocycles. The SMILES string of the molecule is O=S(=O)(CC1CCCC1)NCCC1CCCNC1. The Morgan fingerprint density at radius 3 is 2.44 bits per heavy atom. The summed E-state index contributed by atoms with van der Waals surface area (Å²) in [6, 6.07) is 0. The van der Waals surface area contributed by atoms with Gasteiger partial charge in [0.15, 0.2) is 0 Å². The maximum atomic E-state index is 11.9. The first kappa shape index (κ1) is 14.3. The van der Waals surface area contributed by atoms with Gasteiger partial charge in [0, 0.05) is 6.54 Å². The number of hydrogen-bond acceptors (Lipinski definition) is 3. The molecule has 106 valence electrons. The minimum atomic E-state index is -3.04. The molecule has 0 spiro atoms. The van der Waals surface area contributed by atoms with Crippen molar-refractivity contribution in [1.29, 1.82) is 0 Å². The van der Waals surface area contributed by atoms with Gasteiger partial charge in [0.05, 0.1) is 5.75 Å². The normalized spacial score (nSPS) is 26.6. The zero-order valence-corrected chi connectivity index (χ0v) is 12.0. The van der Waals surface area contributed by atoms with Crippen molar-refractivity contribution in [2.24, 2.45) is 11.8 Å². The molecule has 0 aromatic carbocycles. The first-order valence-corrected chi connectivity index (χ1v) is 8.99. The summed E-state index contributed by atoms with van der Waals surface area (Å²) in [5.41, 5.74) is 0. The van der Waals surface area contributed by atoms with Gasteiger partial charge in [0.1, 0.15) is 0 Å². The molecule has 0 amide bonds. The molecule has 0 radical (unpaired) electrons. The van der Waals surface area contributed by atoms with E-state index in [1.165, 1.54) is 25.7 Å². The van der Waals surface area contributed by atoms with Gasteiger partial charge in [-0.25, -0.2) is 13.1 Å². The Bertz CT molecular complexity index is 331. The lowest BCUT2D eigenvalue weighted by molar-refractivity contribution is 0.358. The third-order valence-corrected chi connectivity index (χ3v) is 5.76. The Balaban J connectivity index is 1.64. The quantitative estimate of drug-likeness (QED) is 0.771. The average molecular weight is 274 g/mol. The minimum absolute atomic E-state index is 0.343. The second kappa shape index (κ2) is 6.87. The second-order valence-corrected chi connectivity index (χ2v) is 7.68. The number of piperidine rings is 1. The summed E-state index contributed by atoms with van der Waals surface area (Å²) in [7, 11) is -3.04. The van der Waals surface area contributed by atoms with Gasteiger partial charge < -0.3 is 5.32 Å². The van der Waals surface area contributed by atoms with Crippen LogP contribution in [0, 0.1) is 11.8 Å². The molecule has 4 nitrogen and oxygen atoms in total. The molecule has 2 aliphatic rings. The number of sulfonamides is 1. The number of rotatable bonds is 6. The molecule has 0 aromatic rings. The van der Waals surface area contributed by atoms with Crippen LogP contribution >= 0.6 is 0 Å². The van der Waals surface area contributed by atoms with Crippen LogP contribution in [0.1, 0.15) is 44.9 Å². The number of hydrogen-bond donors (Lipinski definition) is 2. The Morgan fingerprint density at radius 2 is 1.78 bits per heavy atom. The van der Waals surface area contributed by atoms with E-state index in [1.807, 2.05) is 0 Å². The molecule has 1 atom stereocenters. The van der Waals surface area contributed by atoms with Gasteiger partial charge in [-0.05, 0) is 57.0 Å². The van der Waals surface area contributed by atoms with E-state index in [0.29, 0.717) is 24.1 Å². The van der Waals surface area contributed by atoms with Crippen LogP contribution in [-0.4, -0.2) is 33.8 Å². The molecule has 1 heterocycles. The van der Waals surface area contributed by atoms with Crippen LogP contribution in [0.3, 0.4) is 0 Å². The largest absolute Gasteiger partial charge is 0.316 e. The predicted octanol–water partition coefficient (Wildman–Crippen LogP) is 1.49. The summed E-state index contributed by atoms with van der Waals surface area (Å²) < 4.78 is 26.6. The Morgan fingerprint density at radius 1 is 1.06 bits per heavy atom. The van der Waals surface area contributed by atoms with Gasteiger partial charge >= 0.3 is 0 Å². The van der Waals surface area contributed by atoms with Crippen molar-refractivity contribution < 1.29 is 8.42 Å². The lowest BCUT2D eigenvalue weighted by atomic mass is 9.96. The fraction of sp³-hybridized carbons (Fsp3) is 1.00. The molecule has 0 bridgehead atoms. The molecule has 1 unspecified atom stereocenters. The first-order chi connectivity index (χ1) is 8.66. The van der Waals surface area contributed by atoms with Crippen LogP contribution in [-0.2, 0) is 10.0 Å². The third kappa shape index (κ3) is 4.86. The summed E-state index contributed by atoms with van der Waals surface area (Å²) in [6.45, 7) is 2.77. The Labute approximate surface area is 111 Å². The molecule has 2 fully saturated rings. The van der Waals surface area contributed by atoms with Gasteiger partial charge in [-0.15, -0.1) is 0 Å². The maximum Gasteiger partial charge on any atom is 0.211 e. The van der Waals surface area contributed by atoms with E-state index >= 15 is 0 Å². The average Bonchev–Trinajstić information content (AvgIpc) is 2.82. The van der Waals surface area contributed by atoms with Crippen molar-refractivity contribution in [3.63, 3.8) is 0 Å². The standard InChI is InChI=1S/C13H26N2O2S/c16-18(17,11-13-4-1-2-5-13)15-9-7-12-6-3-8-14-10-12/h12-15H,1-11H2. The van der Waals surface area contributed by atoms with Crippen LogP contribution in [0.5, 0.6) is 0 Å². The number of nitrogens with one attached hydrogen (secondary N) is 2. The smallest absolute Gasteiger partial charge is 0.211 e. The van der Waals surface area contributed by atoms with Crippen LogP contribution < -0.4 is 10.0 Å². The molecular formula is C13H26N2O2S.